The maximum Gasteiger partial charge on any atom is 0.119 e. The van der Waals surface area contributed by atoms with Gasteiger partial charge in [0.25, 0.3) is 0 Å². The molecule has 0 atom stereocenters. The number of rotatable bonds is 4. The summed E-state index contributed by atoms with van der Waals surface area (Å²) in [5.74, 6) is 1.02. The predicted octanol–water partition coefficient (Wildman–Crippen LogP) is 1.12. The molecule has 12 heavy (non-hydrogen) atoms. The SMILES string of the molecule is NCCCOc1ccc(O)cc1. The van der Waals surface area contributed by atoms with Crippen molar-refractivity contribution in [3.05, 3.63) is 24.3 Å². The number of hydrogen-bond donors (Lipinski definition) is 2. The summed E-state index contributed by atoms with van der Waals surface area (Å²) in [6, 6.07) is 6.65. The molecular weight excluding hydrogens is 154 g/mol. The third-order valence-electron chi connectivity index (χ3n) is 1.45. The first-order chi connectivity index (χ1) is 5.83. The smallest absolute Gasteiger partial charge is 0.119 e. The van der Waals surface area contributed by atoms with E-state index in [1.807, 2.05) is 0 Å². The lowest BCUT2D eigenvalue weighted by Crippen LogP contribution is -2.05. The van der Waals surface area contributed by atoms with E-state index >= 15 is 0 Å². The van der Waals surface area contributed by atoms with Crippen LogP contribution in [0.1, 0.15) is 6.42 Å². The molecule has 3 heteroatoms. The van der Waals surface area contributed by atoms with Gasteiger partial charge in [0.2, 0.25) is 0 Å². The highest BCUT2D eigenvalue weighted by molar-refractivity contribution is 5.29. The monoisotopic (exact) mass is 167 g/mol. The van der Waals surface area contributed by atoms with Crippen LogP contribution in [-0.2, 0) is 0 Å². The minimum Gasteiger partial charge on any atom is -0.508 e. The summed E-state index contributed by atoms with van der Waals surface area (Å²) >= 11 is 0. The summed E-state index contributed by atoms with van der Waals surface area (Å²) in [6.45, 7) is 1.26. The maximum absolute atomic E-state index is 8.95. The van der Waals surface area contributed by atoms with Crippen molar-refractivity contribution in [1.29, 1.82) is 0 Å². The molecule has 0 aliphatic carbocycles. The molecular formula is C9H13NO2. The topological polar surface area (TPSA) is 55.5 Å². The van der Waals surface area contributed by atoms with Crippen molar-refractivity contribution >= 4 is 0 Å². The quantitative estimate of drug-likeness (QED) is 0.661. The summed E-state index contributed by atoms with van der Waals surface area (Å²) in [5.41, 5.74) is 5.30. The zero-order valence-electron chi connectivity index (χ0n) is 6.86. The molecule has 1 aromatic carbocycles. The van der Waals surface area contributed by atoms with Crippen molar-refractivity contribution in [2.45, 2.75) is 6.42 Å². The van der Waals surface area contributed by atoms with Gasteiger partial charge >= 0.3 is 0 Å². The number of nitrogens with two attached hydrogens (primary N) is 1. The highest BCUT2D eigenvalue weighted by atomic mass is 16.5. The molecule has 0 radical (unpaired) electrons. The molecule has 0 heterocycles. The Morgan fingerprint density at radius 2 is 1.92 bits per heavy atom. The average Bonchev–Trinajstić information content (AvgIpc) is 2.09. The third-order valence-corrected chi connectivity index (χ3v) is 1.45. The molecule has 3 N–H and O–H groups in total. The van der Waals surface area contributed by atoms with Crippen LogP contribution < -0.4 is 10.5 Å². The summed E-state index contributed by atoms with van der Waals surface area (Å²) in [7, 11) is 0. The molecule has 1 rings (SSSR count). The summed E-state index contributed by atoms with van der Waals surface area (Å²) in [6.07, 6.45) is 0.848. The Morgan fingerprint density at radius 1 is 1.25 bits per heavy atom. The molecule has 0 saturated heterocycles. The van der Waals surface area contributed by atoms with E-state index in [0.717, 1.165) is 12.2 Å². The van der Waals surface area contributed by atoms with Crippen LogP contribution in [0.15, 0.2) is 24.3 Å². The Labute approximate surface area is 71.8 Å². The van der Waals surface area contributed by atoms with Gasteiger partial charge in [-0.2, -0.15) is 0 Å². The van der Waals surface area contributed by atoms with Crippen LogP contribution in [0, 0.1) is 0 Å². The molecule has 3 nitrogen and oxygen atoms in total. The Bertz CT molecular complexity index is 220. The van der Waals surface area contributed by atoms with Crippen LogP contribution in [0.25, 0.3) is 0 Å². The lowest BCUT2D eigenvalue weighted by molar-refractivity contribution is 0.313. The van der Waals surface area contributed by atoms with Crippen LogP contribution in [0.2, 0.25) is 0 Å². The van der Waals surface area contributed by atoms with E-state index in [9.17, 15) is 0 Å². The Hall–Kier alpha value is -1.22. The van der Waals surface area contributed by atoms with Gasteiger partial charge < -0.3 is 15.6 Å². The van der Waals surface area contributed by atoms with E-state index in [-0.39, 0.29) is 5.75 Å². The molecule has 1 aromatic rings. The first-order valence-corrected chi connectivity index (χ1v) is 3.95. The fraction of sp³-hybridized carbons (Fsp3) is 0.333. The molecule has 0 aliphatic heterocycles. The standard InChI is InChI=1S/C9H13NO2/c10-6-1-7-12-9-4-2-8(11)3-5-9/h2-5,11H,1,6-7,10H2. The van der Waals surface area contributed by atoms with E-state index in [4.69, 9.17) is 15.6 Å². The number of ether oxygens (including phenoxy) is 1. The Balaban J connectivity index is 2.37. The summed E-state index contributed by atoms with van der Waals surface area (Å²) < 4.78 is 5.31. The van der Waals surface area contributed by atoms with Crippen LogP contribution in [0.4, 0.5) is 0 Å². The second-order valence-corrected chi connectivity index (χ2v) is 2.48. The lowest BCUT2D eigenvalue weighted by atomic mass is 10.3. The van der Waals surface area contributed by atoms with Gasteiger partial charge in [0.1, 0.15) is 11.5 Å². The van der Waals surface area contributed by atoms with Crippen molar-refractivity contribution in [2.24, 2.45) is 5.73 Å². The third kappa shape index (κ3) is 2.80. The molecule has 0 aliphatic rings. The predicted molar refractivity (Wildman–Crippen MR) is 47.3 cm³/mol. The van der Waals surface area contributed by atoms with E-state index in [0.29, 0.717) is 13.2 Å². The van der Waals surface area contributed by atoms with Crippen molar-refractivity contribution in [3.8, 4) is 11.5 Å². The first kappa shape index (κ1) is 8.87. The van der Waals surface area contributed by atoms with Crippen LogP contribution in [-0.4, -0.2) is 18.3 Å². The Kier molecular flexibility index (Phi) is 3.41. The van der Waals surface area contributed by atoms with Crippen molar-refractivity contribution in [2.75, 3.05) is 13.2 Å². The zero-order valence-corrected chi connectivity index (χ0v) is 6.86. The van der Waals surface area contributed by atoms with E-state index in [1.165, 1.54) is 0 Å². The van der Waals surface area contributed by atoms with Gasteiger partial charge in [-0.25, -0.2) is 0 Å². The molecule has 0 amide bonds. The number of hydrogen-bond acceptors (Lipinski definition) is 3. The van der Waals surface area contributed by atoms with Gasteiger partial charge in [-0.05, 0) is 37.2 Å². The number of aromatic hydroxyl groups is 1. The molecule has 0 fully saturated rings. The van der Waals surface area contributed by atoms with Gasteiger partial charge in [0, 0.05) is 0 Å². The fourth-order valence-corrected chi connectivity index (χ4v) is 0.816. The Morgan fingerprint density at radius 3 is 2.50 bits per heavy atom. The minimum absolute atomic E-state index is 0.251. The van der Waals surface area contributed by atoms with Gasteiger partial charge in [0.15, 0.2) is 0 Å². The summed E-state index contributed by atoms with van der Waals surface area (Å²) in [5, 5.41) is 8.95. The van der Waals surface area contributed by atoms with Crippen molar-refractivity contribution < 1.29 is 9.84 Å². The van der Waals surface area contributed by atoms with Crippen molar-refractivity contribution in [1.82, 2.24) is 0 Å². The highest BCUT2D eigenvalue weighted by Crippen LogP contribution is 2.15. The first-order valence-electron chi connectivity index (χ1n) is 3.95. The van der Waals surface area contributed by atoms with Crippen LogP contribution in [0.5, 0.6) is 11.5 Å². The second kappa shape index (κ2) is 4.62. The largest absolute Gasteiger partial charge is 0.508 e. The molecule has 0 bridgehead atoms. The molecule has 0 spiro atoms. The molecule has 66 valence electrons. The number of phenols is 1. The molecule has 0 unspecified atom stereocenters. The van der Waals surface area contributed by atoms with Crippen LogP contribution >= 0.6 is 0 Å². The fourth-order valence-electron chi connectivity index (χ4n) is 0.816. The maximum atomic E-state index is 8.95. The highest BCUT2D eigenvalue weighted by Gasteiger charge is 1.92. The van der Waals surface area contributed by atoms with Crippen LogP contribution in [0.3, 0.4) is 0 Å². The molecule has 0 aromatic heterocycles. The second-order valence-electron chi connectivity index (χ2n) is 2.48. The summed E-state index contributed by atoms with van der Waals surface area (Å²) in [4.78, 5) is 0. The normalized spacial score (nSPS) is 9.75. The lowest BCUT2D eigenvalue weighted by Gasteiger charge is -2.04. The number of phenolic OH excluding ortho intramolecular Hbond substituents is 1. The average molecular weight is 167 g/mol. The van der Waals surface area contributed by atoms with Gasteiger partial charge in [-0.15, -0.1) is 0 Å². The van der Waals surface area contributed by atoms with E-state index in [1.54, 1.807) is 24.3 Å². The number of benzene rings is 1. The van der Waals surface area contributed by atoms with Gasteiger partial charge in [-0.3, -0.25) is 0 Å². The van der Waals surface area contributed by atoms with Crippen molar-refractivity contribution in [3.63, 3.8) is 0 Å². The van der Waals surface area contributed by atoms with E-state index < -0.39 is 0 Å². The minimum atomic E-state index is 0.251. The molecule has 0 saturated carbocycles. The zero-order chi connectivity index (χ0) is 8.81. The van der Waals surface area contributed by atoms with Gasteiger partial charge in [0.05, 0.1) is 6.61 Å². The van der Waals surface area contributed by atoms with E-state index in [2.05, 4.69) is 0 Å². The van der Waals surface area contributed by atoms with Gasteiger partial charge in [-0.1, -0.05) is 0 Å².